The standard InChI is InChI=1S/C15H17N3O5S/c1-8(10-5-4-6-23-10)16-11(19)7-24-13-12(14(20)22-3)9(2)17-15(21)18-13/h4-6,8H,7H2,1-3H3,(H,16,19)(H,17,18,21). The Kier molecular flexibility index (Phi) is 5.80. The summed E-state index contributed by atoms with van der Waals surface area (Å²) < 4.78 is 9.91. The Hall–Kier alpha value is -2.55. The van der Waals surface area contributed by atoms with Crippen molar-refractivity contribution in [2.45, 2.75) is 24.9 Å². The van der Waals surface area contributed by atoms with Crippen LogP contribution in [0.1, 0.15) is 34.8 Å². The SMILES string of the molecule is COC(=O)c1c(SCC(=O)NC(C)c2ccco2)nc(=O)[nH]c1C. The van der Waals surface area contributed by atoms with Crippen molar-refractivity contribution in [2.24, 2.45) is 0 Å². The van der Waals surface area contributed by atoms with Crippen LogP contribution in [0.5, 0.6) is 0 Å². The normalized spacial score (nSPS) is 11.8. The Morgan fingerprint density at radius 1 is 1.50 bits per heavy atom. The van der Waals surface area contributed by atoms with Gasteiger partial charge in [-0.15, -0.1) is 0 Å². The number of nitrogens with zero attached hydrogens (tertiary/aromatic N) is 1. The Morgan fingerprint density at radius 3 is 2.88 bits per heavy atom. The van der Waals surface area contributed by atoms with Crippen molar-refractivity contribution in [1.82, 2.24) is 15.3 Å². The highest BCUT2D eigenvalue weighted by molar-refractivity contribution is 8.00. The number of carbonyl (C=O) groups excluding carboxylic acids is 2. The number of H-pyrrole nitrogens is 1. The molecule has 0 aromatic carbocycles. The van der Waals surface area contributed by atoms with Gasteiger partial charge in [0.2, 0.25) is 5.91 Å². The smallest absolute Gasteiger partial charge is 0.346 e. The molecule has 2 aromatic heterocycles. The first-order valence-electron chi connectivity index (χ1n) is 7.07. The lowest BCUT2D eigenvalue weighted by molar-refractivity contribution is -0.119. The lowest BCUT2D eigenvalue weighted by Crippen LogP contribution is -2.28. The molecule has 0 spiro atoms. The quantitative estimate of drug-likeness (QED) is 0.459. The van der Waals surface area contributed by atoms with Crippen LogP contribution >= 0.6 is 11.8 Å². The topological polar surface area (TPSA) is 114 Å². The fourth-order valence-electron chi connectivity index (χ4n) is 2.03. The van der Waals surface area contributed by atoms with Gasteiger partial charge in [0.05, 0.1) is 25.2 Å². The third-order valence-electron chi connectivity index (χ3n) is 3.16. The molecule has 0 aliphatic carbocycles. The molecule has 0 saturated heterocycles. The molecule has 0 radical (unpaired) electrons. The summed E-state index contributed by atoms with van der Waals surface area (Å²) in [5.41, 5.74) is -0.102. The van der Waals surface area contributed by atoms with E-state index in [1.54, 1.807) is 26.0 Å². The van der Waals surface area contributed by atoms with Crippen molar-refractivity contribution < 1.29 is 18.7 Å². The summed E-state index contributed by atoms with van der Waals surface area (Å²) >= 11 is 0.992. The number of carbonyl (C=O) groups is 2. The third-order valence-corrected chi connectivity index (χ3v) is 4.14. The largest absolute Gasteiger partial charge is 0.467 e. The predicted molar refractivity (Wildman–Crippen MR) is 86.9 cm³/mol. The molecule has 1 amide bonds. The van der Waals surface area contributed by atoms with Gasteiger partial charge in [0.15, 0.2) is 0 Å². The Morgan fingerprint density at radius 2 is 2.25 bits per heavy atom. The first-order chi connectivity index (χ1) is 11.4. The lowest BCUT2D eigenvalue weighted by atomic mass is 10.2. The summed E-state index contributed by atoms with van der Waals surface area (Å²) in [7, 11) is 1.24. The minimum atomic E-state index is -0.622. The molecule has 2 N–H and O–H groups in total. The number of nitrogens with one attached hydrogen (secondary N) is 2. The van der Waals surface area contributed by atoms with Crippen molar-refractivity contribution in [3.05, 3.63) is 45.9 Å². The van der Waals surface area contributed by atoms with Crippen molar-refractivity contribution >= 4 is 23.6 Å². The highest BCUT2D eigenvalue weighted by Gasteiger charge is 2.20. The van der Waals surface area contributed by atoms with Gasteiger partial charge in [-0.05, 0) is 26.0 Å². The first kappa shape index (κ1) is 17.8. The maximum atomic E-state index is 12.0. The number of hydrogen-bond donors (Lipinski definition) is 2. The van der Waals surface area contributed by atoms with Gasteiger partial charge < -0.3 is 19.5 Å². The van der Waals surface area contributed by atoms with Gasteiger partial charge in [0, 0.05) is 5.69 Å². The molecule has 0 saturated carbocycles. The van der Waals surface area contributed by atoms with Crippen molar-refractivity contribution in [3.8, 4) is 0 Å². The van der Waals surface area contributed by atoms with E-state index in [1.165, 1.54) is 13.4 Å². The zero-order chi connectivity index (χ0) is 17.7. The molecule has 1 unspecified atom stereocenters. The van der Waals surface area contributed by atoms with E-state index in [0.29, 0.717) is 11.5 Å². The molecule has 2 rings (SSSR count). The number of methoxy groups -OCH3 is 1. The van der Waals surface area contributed by atoms with E-state index >= 15 is 0 Å². The minimum absolute atomic E-state index is 0.00899. The summed E-state index contributed by atoms with van der Waals surface area (Å²) in [6.45, 7) is 3.36. The molecule has 1 atom stereocenters. The Bertz CT molecular complexity index is 785. The maximum absolute atomic E-state index is 12.0. The van der Waals surface area contributed by atoms with Crippen LogP contribution in [0.15, 0.2) is 32.6 Å². The molecule has 0 bridgehead atoms. The highest BCUT2D eigenvalue weighted by atomic mass is 32.2. The van der Waals surface area contributed by atoms with Gasteiger partial charge in [-0.1, -0.05) is 11.8 Å². The van der Waals surface area contributed by atoms with E-state index in [-0.39, 0.29) is 28.3 Å². The number of rotatable bonds is 6. The number of thioether (sulfide) groups is 1. The summed E-state index contributed by atoms with van der Waals surface area (Å²) in [6, 6.07) is 3.20. The number of aryl methyl sites for hydroxylation is 1. The Balaban J connectivity index is 2.07. The summed E-state index contributed by atoms with van der Waals surface area (Å²) in [6.07, 6.45) is 1.53. The highest BCUT2D eigenvalue weighted by Crippen LogP contribution is 2.22. The lowest BCUT2D eigenvalue weighted by Gasteiger charge is -2.12. The summed E-state index contributed by atoms with van der Waals surface area (Å²) in [5, 5.41) is 2.92. The fourth-order valence-corrected chi connectivity index (χ4v) is 2.91. The minimum Gasteiger partial charge on any atom is -0.467 e. The van der Waals surface area contributed by atoms with Gasteiger partial charge in [-0.2, -0.15) is 4.98 Å². The van der Waals surface area contributed by atoms with Crippen LogP contribution in [0.3, 0.4) is 0 Å². The molecular weight excluding hydrogens is 334 g/mol. The van der Waals surface area contributed by atoms with Crippen LogP contribution in [0.4, 0.5) is 0 Å². The van der Waals surface area contributed by atoms with E-state index in [2.05, 4.69) is 15.3 Å². The third kappa shape index (κ3) is 4.25. The van der Waals surface area contributed by atoms with Crippen LogP contribution in [0.2, 0.25) is 0 Å². The van der Waals surface area contributed by atoms with E-state index in [0.717, 1.165) is 11.8 Å². The van der Waals surface area contributed by atoms with Crippen molar-refractivity contribution in [2.75, 3.05) is 12.9 Å². The molecule has 2 heterocycles. The van der Waals surface area contributed by atoms with Crippen LogP contribution in [-0.4, -0.2) is 34.7 Å². The fraction of sp³-hybridized carbons (Fsp3) is 0.333. The predicted octanol–water partition coefficient (Wildman–Crippen LogP) is 1.43. The number of ether oxygens (including phenoxy) is 1. The van der Waals surface area contributed by atoms with Crippen molar-refractivity contribution in [1.29, 1.82) is 0 Å². The number of hydrogen-bond acceptors (Lipinski definition) is 7. The average molecular weight is 351 g/mol. The molecular formula is C15H17N3O5S. The van der Waals surface area contributed by atoms with Crippen LogP contribution < -0.4 is 11.0 Å². The number of esters is 1. The van der Waals surface area contributed by atoms with E-state index < -0.39 is 11.7 Å². The molecule has 9 heteroatoms. The first-order valence-corrected chi connectivity index (χ1v) is 8.05. The van der Waals surface area contributed by atoms with Gasteiger partial charge in [-0.25, -0.2) is 9.59 Å². The van der Waals surface area contributed by atoms with Crippen LogP contribution in [0.25, 0.3) is 0 Å². The molecule has 2 aromatic rings. The van der Waals surface area contributed by atoms with Gasteiger partial charge in [-0.3, -0.25) is 4.79 Å². The van der Waals surface area contributed by atoms with E-state index in [1.807, 2.05) is 0 Å². The van der Waals surface area contributed by atoms with Gasteiger partial charge >= 0.3 is 11.7 Å². The van der Waals surface area contributed by atoms with Gasteiger partial charge in [0.25, 0.3) is 0 Å². The number of furan rings is 1. The number of aromatic nitrogens is 2. The zero-order valence-corrected chi connectivity index (χ0v) is 14.2. The second kappa shape index (κ2) is 7.82. The molecule has 24 heavy (non-hydrogen) atoms. The van der Waals surface area contributed by atoms with Crippen LogP contribution in [0, 0.1) is 6.92 Å². The van der Waals surface area contributed by atoms with Crippen molar-refractivity contribution in [3.63, 3.8) is 0 Å². The second-order valence-corrected chi connectivity index (χ2v) is 5.90. The molecule has 0 aliphatic rings. The molecule has 8 nitrogen and oxygen atoms in total. The van der Waals surface area contributed by atoms with Gasteiger partial charge in [0.1, 0.15) is 16.3 Å². The molecule has 0 fully saturated rings. The summed E-state index contributed by atoms with van der Waals surface area (Å²) in [5.74, 6) is -0.276. The van der Waals surface area contributed by atoms with E-state index in [4.69, 9.17) is 9.15 Å². The molecule has 128 valence electrons. The van der Waals surface area contributed by atoms with Crippen LogP contribution in [-0.2, 0) is 9.53 Å². The average Bonchev–Trinajstić information content (AvgIpc) is 3.06. The van der Waals surface area contributed by atoms with E-state index in [9.17, 15) is 14.4 Å². The molecule has 0 aliphatic heterocycles. The maximum Gasteiger partial charge on any atom is 0.346 e. The Labute approximate surface area is 142 Å². The zero-order valence-electron chi connectivity index (χ0n) is 13.4. The number of aromatic amines is 1. The monoisotopic (exact) mass is 351 g/mol. The summed E-state index contributed by atoms with van der Waals surface area (Å²) in [4.78, 5) is 41.6. The number of amides is 1. The second-order valence-electron chi connectivity index (χ2n) is 4.93.